The lowest BCUT2D eigenvalue weighted by molar-refractivity contribution is -0.274. The second-order valence-corrected chi connectivity index (χ2v) is 7.18. The summed E-state index contributed by atoms with van der Waals surface area (Å²) in [5.74, 6) is -2.22. The van der Waals surface area contributed by atoms with E-state index in [1.807, 2.05) is 0 Å². The smallest absolute Gasteiger partial charge is 0.406 e. The highest BCUT2D eigenvalue weighted by atomic mass is 32.2. The fourth-order valence-electron chi connectivity index (χ4n) is 2.62. The molecule has 0 radical (unpaired) electrons. The predicted octanol–water partition coefficient (Wildman–Crippen LogP) is 4.19. The quantitative estimate of drug-likeness (QED) is 0.523. The van der Waals surface area contributed by atoms with E-state index in [4.69, 9.17) is 0 Å². The standard InChI is InChI=1S/C20H14F4N2O4S/c21-15-4-2-1-3-13(15)11-16-18(28)26(19(29)31-16)10-9-25-17(27)12-5-7-14(8-6-12)30-20(22,23)24/h1-8,11H,9-10H2,(H,25,27)/b16-11-. The van der Waals surface area contributed by atoms with Crippen LogP contribution in [0.25, 0.3) is 6.08 Å². The maximum atomic E-state index is 13.7. The number of alkyl halides is 3. The Morgan fingerprint density at radius 3 is 2.42 bits per heavy atom. The lowest BCUT2D eigenvalue weighted by Gasteiger charge is -2.13. The zero-order chi connectivity index (χ0) is 22.6. The molecule has 0 saturated carbocycles. The molecule has 31 heavy (non-hydrogen) atoms. The molecule has 0 aromatic heterocycles. The van der Waals surface area contributed by atoms with Gasteiger partial charge in [0.1, 0.15) is 11.6 Å². The molecule has 0 aliphatic carbocycles. The van der Waals surface area contributed by atoms with Crippen molar-refractivity contribution in [1.29, 1.82) is 0 Å². The highest BCUT2D eigenvalue weighted by Crippen LogP contribution is 2.32. The van der Waals surface area contributed by atoms with Gasteiger partial charge in [-0.15, -0.1) is 13.2 Å². The van der Waals surface area contributed by atoms with E-state index in [0.29, 0.717) is 11.8 Å². The molecule has 0 atom stereocenters. The van der Waals surface area contributed by atoms with Crippen LogP contribution in [0.4, 0.5) is 22.4 Å². The SMILES string of the molecule is O=C(NCCN1C(=O)S/C(=C\c2ccccc2F)C1=O)c1ccc(OC(F)(F)F)cc1. The van der Waals surface area contributed by atoms with Gasteiger partial charge in [0.2, 0.25) is 0 Å². The lowest BCUT2D eigenvalue weighted by atomic mass is 10.2. The first kappa shape index (κ1) is 22.3. The average Bonchev–Trinajstić information content (AvgIpc) is 2.96. The first-order valence-electron chi connectivity index (χ1n) is 8.78. The van der Waals surface area contributed by atoms with Crippen molar-refractivity contribution in [3.05, 3.63) is 70.4 Å². The summed E-state index contributed by atoms with van der Waals surface area (Å²) in [4.78, 5) is 37.6. The second-order valence-electron chi connectivity index (χ2n) is 6.18. The van der Waals surface area contributed by atoms with Crippen LogP contribution in [0.2, 0.25) is 0 Å². The van der Waals surface area contributed by atoms with Crippen molar-refractivity contribution in [1.82, 2.24) is 10.2 Å². The molecule has 1 aliphatic heterocycles. The van der Waals surface area contributed by atoms with Gasteiger partial charge in [0.25, 0.3) is 17.1 Å². The number of amides is 3. The number of carbonyl (C=O) groups excluding carboxylic acids is 3. The van der Waals surface area contributed by atoms with Gasteiger partial charge in [0, 0.05) is 24.2 Å². The molecule has 0 bridgehead atoms. The third-order valence-electron chi connectivity index (χ3n) is 4.04. The molecule has 0 unspecified atom stereocenters. The van der Waals surface area contributed by atoms with Gasteiger partial charge in [-0.3, -0.25) is 19.3 Å². The van der Waals surface area contributed by atoms with Crippen LogP contribution in [0.5, 0.6) is 5.75 Å². The molecular formula is C20H14F4N2O4S. The van der Waals surface area contributed by atoms with Gasteiger partial charge in [-0.05, 0) is 48.2 Å². The van der Waals surface area contributed by atoms with Gasteiger partial charge >= 0.3 is 6.36 Å². The fraction of sp³-hybridized carbons (Fsp3) is 0.150. The number of hydrogen-bond donors (Lipinski definition) is 1. The van der Waals surface area contributed by atoms with Gasteiger partial charge in [-0.1, -0.05) is 18.2 Å². The van der Waals surface area contributed by atoms with E-state index in [9.17, 15) is 31.9 Å². The molecule has 1 heterocycles. The number of nitrogens with one attached hydrogen (secondary N) is 1. The Balaban J connectivity index is 1.55. The van der Waals surface area contributed by atoms with Crippen molar-refractivity contribution in [3.8, 4) is 5.75 Å². The van der Waals surface area contributed by atoms with Crippen molar-refractivity contribution in [2.75, 3.05) is 13.1 Å². The normalized spacial score (nSPS) is 15.5. The zero-order valence-electron chi connectivity index (χ0n) is 15.6. The third kappa shape index (κ3) is 5.85. The maximum absolute atomic E-state index is 13.7. The number of rotatable bonds is 6. The van der Waals surface area contributed by atoms with Crippen LogP contribution in [0.1, 0.15) is 15.9 Å². The Kier molecular flexibility index (Phi) is 6.64. The number of thioether (sulfide) groups is 1. The van der Waals surface area contributed by atoms with E-state index >= 15 is 0 Å². The van der Waals surface area contributed by atoms with Crippen molar-refractivity contribution >= 4 is 34.9 Å². The van der Waals surface area contributed by atoms with Crippen LogP contribution in [0, 0.1) is 5.82 Å². The summed E-state index contributed by atoms with van der Waals surface area (Å²) in [6, 6.07) is 10.1. The van der Waals surface area contributed by atoms with Crippen LogP contribution < -0.4 is 10.1 Å². The van der Waals surface area contributed by atoms with Crippen LogP contribution in [0.15, 0.2) is 53.4 Å². The Bertz CT molecular complexity index is 1040. The highest BCUT2D eigenvalue weighted by Gasteiger charge is 2.35. The average molecular weight is 454 g/mol. The molecular weight excluding hydrogens is 440 g/mol. The van der Waals surface area contributed by atoms with E-state index < -0.39 is 35.0 Å². The summed E-state index contributed by atoms with van der Waals surface area (Å²) < 4.78 is 54.0. The summed E-state index contributed by atoms with van der Waals surface area (Å²) in [5.41, 5.74) is 0.238. The second kappa shape index (κ2) is 9.21. The number of ether oxygens (including phenoxy) is 1. The number of benzene rings is 2. The number of halogens is 4. The van der Waals surface area contributed by atoms with Gasteiger partial charge in [0.05, 0.1) is 4.91 Å². The molecule has 1 fully saturated rings. The first-order chi connectivity index (χ1) is 14.6. The number of imide groups is 1. The summed E-state index contributed by atoms with van der Waals surface area (Å²) in [6.45, 7) is -0.203. The molecule has 1 saturated heterocycles. The Labute approximate surface area is 177 Å². The van der Waals surface area contributed by atoms with Gasteiger partial charge in [0.15, 0.2) is 0 Å². The molecule has 2 aromatic rings. The minimum absolute atomic E-state index is 0.0571. The number of carbonyl (C=O) groups is 3. The minimum Gasteiger partial charge on any atom is -0.406 e. The molecule has 0 spiro atoms. The third-order valence-corrected chi connectivity index (χ3v) is 4.94. The van der Waals surface area contributed by atoms with Crippen LogP contribution in [-0.2, 0) is 4.79 Å². The van der Waals surface area contributed by atoms with Gasteiger partial charge in [-0.25, -0.2) is 4.39 Å². The minimum atomic E-state index is -4.84. The molecule has 1 N–H and O–H groups in total. The molecule has 3 amide bonds. The largest absolute Gasteiger partial charge is 0.573 e. The van der Waals surface area contributed by atoms with E-state index in [0.717, 1.165) is 29.2 Å². The summed E-state index contributed by atoms with van der Waals surface area (Å²) >= 11 is 0.660. The number of hydrogen-bond acceptors (Lipinski definition) is 5. The molecule has 6 nitrogen and oxygen atoms in total. The molecule has 2 aromatic carbocycles. The fourth-order valence-corrected chi connectivity index (χ4v) is 3.47. The van der Waals surface area contributed by atoms with Crippen molar-refractivity contribution < 1.29 is 36.7 Å². The monoisotopic (exact) mass is 454 g/mol. The van der Waals surface area contributed by atoms with Gasteiger partial charge < -0.3 is 10.1 Å². The first-order valence-corrected chi connectivity index (χ1v) is 9.59. The highest BCUT2D eigenvalue weighted by molar-refractivity contribution is 8.18. The molecule has 162 valence electrons. The van der Waals surface area contributed by atoms with Crippen LogP contribution in [0.3, 0.4) is 0 Å². The van der Waals surface area contributed by atoms with E-state index in [2.05, 4.69) is 10.1 Å². The van der Waals surface area contributed by atoms with E-state index in [1.165, 1.54) is 24.3 Å². The van der Waals surface area contributed by atoms with Crippen molar-refractivity contribution in [2.24, 2.45) is 0 Å². The topological polar surface area (TPSA) is 75.7 Å². The summed E-state index contributed by atoms with van der Waals surface area (Å²) in [7, 11) is 0. The molecule has 1 aliphatic rings. The zero-order valence-corrected chi connectivity index (χ0v) is 16.4. The Morgan fingerprint density at radius 2 is 1.77 bits per heavy atom. The molecule has 3 rings (SSSR count). The molecule has 11 heteroatoms. The Morgan fingerprint density at radius 1 is 1.10 bits per heavy atom. The number of nitrogens with zero attached hydrogens (tertiary/aromatic N) is 1. The van der Waals surface area contributed by atoms with E-state index in [-0.39, 0.29) is 29.1 Å². The lowest BCUT2D eigenvalue weighted by Crippen LogP contribution is -2.37. The van der Waals surface area contributed by atoms with Crippen LogP contribution in [-0.4, -0.2) is 41.4 Å². The summed E-state index contributed by atoms with van der Waals surface area (Å²) in [5, 5.41) is 1.91. The maximum Gasteiger partial charge on any atom is 0.573 e. The van der Waals surface area contributed by atoms with E-state index in [1.54, 1.807) is 6.07 Å². The Hall–Kier alpha value is -3.34. The predicted molar refractivity (Wildman–Crippen MR) is 105 cm³/mol. The van der Waals surface area contributed by atoms with Crippen molar-refractivity contribution in [3.63, 3.8) is 0 Å². The van der Waals surface area contributed by atoms with Crippen LogP contribution >= 0.6 is 11.8 Å². The van der Waals surface area contributed by atoms with Gasteiger partial charge in [-0.2, -0.15) is 0 Å². The summed E-state index contributed by atoms with van der Waals surface area (Å²) in [6.07, 6.45) is -3.56. The van der Waals surface area contributed by atoms with Crippen molar-refractivity contribution in [2.45, 2.75) is 6.36 Å².